The van der Waals surface area contributed by atoms with E-state index in [-0.39, 0.29) is 22.2 Å². The molecular weight excluding hydrogens is 476 g/mol. The van der Waals surface area contributed by atoms with Gasteiger partial charge in [0.1, 0.15) is 28.6 Å². The van der Waals surface area contributed by atoms with Crippen LogP contribution >= 0.6 is 0 Å². The van der Waals surface area contributed by atoms with E-state index in [9.17, 15) is 12.8 Å². The molecule has 4 aromatic rings. The Balaban J connectivity index is 1.40. The molecule has 0 aliphatic carbocycles. The number of fused-ring (bicyclic) bond motifs is 3. The lowest BCUT2D eigenvalue weighted by Gasteiger charge is -2.13. The summed E-state index contributed by atoms with van der Waals surface area (Å²) in [4.78, 5) is 4.28. The van der Waals surface area contributed by atoms with Crippen molar-refractivity contribution in [1.82, 2.24) is 19.6 Å². The average Bonchev–Trinajstić information content (AvgIpc) is 3.54. The number of ether oxygens (including phenoxy) is 1. The van der Waals surface area contributed by atoms with Gasteiger partial charge in [0.05, 0.1) is 6.61 Å². The van der Waals surface area contributed by atoms with Gasteiger partial charge in [-0.2, -0.15) is 0 Å². The van der Waals surface area contributed by atoms with Gasteiger partial charge in [-0.1, -0.05) is 0 Å². The highest BCUT2D eigenvalue weighted by Crippen LogP contribution is 2.42. The molecule has 178 valence electrons. The fraction of sp³-hybridized carbons (Fsp3) is 0.208. The van der Waals surface area contributed by atoms with Crippen LogP contribution in [0.2, 0.25) is 0 Å². The number of benzene rings is 2. The molecular formula is C24H19F2N5O3S. The summed E-state index contributed by atoms with van der Waals surface area (Å²) in [6.07, 6.45) is 3.59. The van der Waals surface area contributed by atoms with Crippen LogP contribution in [0, 0.1) is 11.6 Å². The molecule has 35 heavy (non-hydrogen) atoms. The van der Waals surface area contributed by atoms with Crippen LogP contribution in [0.5, 0.6) is 5.75 Å². The Morgan fingerprint density at radius 3 is 2.80 bits per heavy atom. The van der Waals surface area contributed by atoms with Gasteiger partial charge < -0.3 is 10.1 Å². The third kappa shape index (κ3) is 3.14. The number of nitrogens with zero attached hydrogens (tertiary/aromatic N) is 4. The minimum absolute atomic E-state index is 0.138. The summed E-state index contributed by atoms with van der Waals surface area (Å²) in [5.74, 6) is -0.105. The van der Waals surface area contributed by atoms with Crippen LogP contribution in [0.1, 0.15) is 30.5 Å². The van der Waals surface area contributed by atoms with Gasteiger partial charge in [0.15, 0.2) is 5.65 Å². The van der Waals surface area contributed by atoms with Gasteiger partial charge in [-0.15, -0.1) is 10.2 Å². The highest BCUT2D eigenvalue weighted by Gasteiger charge is 2.34. The van der Waals surface area contributed by atoms with Crippen molar-refractivity contribution in [3.05, 3.63) is 70.0 Å². The predicted octanol–water partition coefficient (Wildman–Crippen LogP) is 4.15. The maximum Gasteiger partial charge on any atom is 0.210 e. The van der Waals surface area contributed by atoms with E-state index in [0.717, 1.165) is 5.56 Å². The third-order valence-corrected chi connectivity index (χ3v) is 8.72. The number of allylic oxidation sites excluding steroid dienone is 2. The standard InChI is InChI=1S/C24H19F2N5O3S/c1-12-13(2)35(32,33)22-16(12)7-14(8-20(22)26)17-9-27-24(31-11-29-30-23(17)31)28-10-18-15-5-6-34-21(15)4-3-19(18)25/h3-4,7-9,11H,5-6,10H2,1-2H3,(H,27,28). The Bertz CT molecular complexity index is 1700. The largest absolute Gasteiger partial charge is 0.493 e. The molecule has 0 unspecified atom stereocenters. The number of nitrogens with one attached hydrogen (secondary N) is 1. The number of hydrogen-bond acceptors (Lipinski definition) is 7. The molecule has 0 amide bonds. The SMILES string of the molecule is CC1=C(C)S(=O)(=O)c2c(F)cc(-c3cnc(NCc4c(F)ccc5c4CCO5)n4cnnc34)cc21. The molecule has 4 heterocycles. The number of aromatic nitrogens is 4. The number of anilines is 1. The van der Waals surface area contributed by atoms with Crippen LogP contribution in [0.25, 0.3) is 22.3 Å². The summed E-state index contributed by atoms with van der Waals surface area (Å²) >= 11 is 0. The molecule has 0 radical (unpaired) electrons. The second kappa shape index (κ2) is 7.57. The zero-order chi connectivity index (χ0) is 24.5. The minimum Gasteiger partial charge on any atom is -0.493 e. The maximum atomic E-state index is 15.0. The third-order valence-electron chi connectivity index (χ3n) is 6.66. The van der Waals surface area contributed by atoms with Gasteiger partial charge in [0, 0.05) is 46.3 Å². The monoisotopic (exact) mass is 495 g/mol. The van der Waals surface area contributed by atoms with Crippen molar-refractivity contribution < 1.29 is 21.9 Å². The molecule has 8 nitrogen and oxygen atoms in total. The van der Waals surface area contributed by atoms with E-state index in [0.29, 0.717) is 58.2 Å². The summed E-state index contributed by atoms with van der Waals surface area (Å²) in [7, 11) is -3.84. The fourth-order valence-electron chi connectivity index (χ4n) is 4.67. The lowest BCUT2D eigenvalue weighted by atomic mass is 10.0. The van der Waals surface area contributed by atoms with Crippen molar-refractivity contribution in [3.63, 3.8) is 0 Å². The zero-order valence-corrected chi connectivity index (χ0v) is 19.6. The Morgan fingerprint density at radius 2 is 1.97 bits per heavy atom. The minimum atomic E-state index is -3.84. The van der Waals surface area contributed by atoms with E-state index in [1.54, 1.807) is 23.5 Å². The van der Waals surface area contributed by atoms with Crippen molar-refractivity contribution >= 4 is 27.0 Å². The van der Waals surface area contributed by atoms with Gasteiger partial charge in [0.25, 0.3) is 0 Å². The molecule has 0 spiro atoms. The van der Waals surface area contributed by atoms with Crippen LogP contribution in [0.4, 0.5) is 14.7 Å². The van der Waals surface area contributed by atoms with Crippen molar-refractivity contribution in [1.29, 1.82) is 0 Å². The van der Waals surface area contributed by atoms with E-state index in [2.05, 4.69) is 20.5 Å². The predicted molar refractivity (Wildman–Crippen MR) is 125 cm³/mol. The normalized spacial score (nSPS) is 15.9. The maximum absolute atomic E-state index is 15.0. The highest BCUT2D eigenvalue weighted by atomic mass is 32.2. The first-order valence-corrected chi connectivity index (χ1v) is 12.4. The Kier molecular flexibility index (Phi) is 4.69. The van der Waals surface area contributed by atoms with Gasteiger partial charge in [-0.05, 0) is 49.2 Å². The van der Waals surface area contributed by atoms with Gasteiger partial charge in [-0.3, -0.25) is 4.40 Å². The van der Waals surface area contributed by atoms with Crippen LogP contribution in [0.3, 0.4) is 0 Å². The lowest BCUT2D eigenvalue weighted by Crippen LogP contribution is -2.10. The summed E-state index contributed by atoms with van der Waals surface area (Å²) in [5, 5.41) is 11.3. The summed E-state index contributed by atoms with van der Waals surface area (Å²) in [5.41, 5.74) is 3.46. The molecule has 2 aliphatic rings. The number of hydrogen-bond donors (Lipinski definition) is 1. The van der Waals surface area contributed by atoms with Crippen molar-refractivity contribution in [2.24, 2.45) is 0 Å². The lowest BCUT2D eigenvalue weighted by molar-refractivity contribution is 0.356. The molecule has 2 aromatic heterocycles. The van der Waals surface area contributed by atoms with Crippen molar-refractivity contribution in [2.75, 3.05) is 11.9 Å². The van der Waals surface area contributed by atoms with Crippen molar-refractivity contribution in [3.8, 4) is 16.9 Å². The molecule has 2 aliphatic heterocycles. The average molecular weight is 496 g/mol. The molecule has 0 atom stereocenters. The summed E-state index contributed by atoms with van der Waals surface area (Å²) < 4.78 is 61.8. The summed E-state index contributed by atoms with van der Waals surface area (Å²) in [6, 6.07) is 5.81. The number of rotatable bonds is 4. The van der Waals surface area contributed by atoms with Gasteiger partial charge in [-0.25, -0.2) is 22.2 Å². The van der Waals surface area contributed by atoms with Crippen molar-refractivity contribution in [2.45, 2.75) is 31.7 Å². The molecule has 0 fully saturated rings. The van der Waals surface area contributed by atoms with Gasteiger partial charge in [0.2, 0.25) is 15.8 Å². The van der Waals surface area contributed by atoms with Gasteiger partial charge >= 0.3 is 0 Å². The zero-order valence-electron chi connectivity index (χ0n) is 18.8. The second-order valence-corrected chi connectivity index (χ2v) is 10.5. The van der Waals surface area contributed by atoms with E-state index >= 15 is 4.39 Å². The Hall–Kier alpha value is -3.86. The van der Waals surface area contributed by atoms with Crippen LogP contribution in [-0.4, -0.2) is 34.6 Å². The Morgan fingerprint density at radius 1 is 1.14 bits per heavy atom. The first-order valence-electron chi connectivity index (χ1n) is 10.9. The van der Waals surface area contributed by atoms with Crippen LogP contribution in [0.15, 0.2) is 46.6 Å². The first-order chi connectivity index (χ1) is 16.8. The molecule has 0 saturated carbocycles. The Labute approximate surface area is 199 Å². The molecule has 0 bridgehead atoms. The fourth-order valence-corrected chi connectivity index (χ4v) is 6.31. The smallest absolute Gasteiger partial charge is 0.210 e. The van der Waals surface area contributed by atoms with E-state index in [4.69, 9.17) is 4.74 Å². The van der Waals surface area contributed by atoms with E-state index < -0.39 is 15.7 Å². The second-order valence-electron chi connectivity index (χ2n) is 8.49. The molecule has 0 saturated heterocycles. The molecule has 1 N–H and O–H groups in total. The topological polar surface area (TPSA) is 98.5 Å². The number of sulfone groups is 1. The first kappa shape index (κ1) is 21.7. The summed E-state index contributed by atoms with van der Waals surface area (Å²) in [6.45, 7) is 3.82. The molecule has 2 aromatic carbocycles. The molecule has 6 rings (SSSR count). The quantitative estimate of drug-likeness (QED) is 0.454. The molecule has 11 heteroatoms. The van der Waals surface area contributed by atoms with E-state index in [1.165, 1.54) is 31.6 Å². The number of halogens is 2. The van der Waals surface area contributed by atoms with Crippen LogP contribution < -0.4 is 10.1 Å². The van der Waals surface area contributed by atoms with E-state index in [1.807, 2.05) is 0 Å². The highest BCUT2D eigenvalue weighted by molar-refractivity contribution is 7.95. The van der Waals surface area contributed by atoms with Crippen LogP contribution in [-0.2, 0) is 22.8 Å².